The van der Waals surface area contributed by atoms with E-state index >= 15 is 0 Å². The molecule has 0 radical (unpaired) electrons. The maximum Gasteiger partial charge on any atom is 0.248 e. The first-order valence-corrected chi connectivity index (χ1v) is 11.5. The Kier molecular flexibility index (Phi) is 5.24. The molecule has 1 aromatic carbocycles. The lowest BCUT2D eigenvalue weighted by Gasteiger charge is -2.19. The van der Waals surface area contributed by atoms with Gasteiger partial charge in [0.05, 0.1) is 24.6 Å². The Morgan fingerprint density at radius 1 is 1.00 bits per heavy atom. The first kappa shape index (κ1) is 21.9. The Morgan fingerprint density at radius 2 is 1.82 bits per heavy atom. The molecule has 0 unspecified atom stereocenters. The lowest BCUT2D eigenvalue weighted by atomic mass is 9.87. The van der Waals surface area contributed by atoms with Crippen molar-refractivity contribution in [2.24, 2.45) is 7.05 Å². The summed E-state index contributed by atoms with van der Waals surface area (Å²) in [4.78, 5) is 9.55. The molecule has 0 saturated heterocycles. The van der Waals surface area contributed by atoms with Gasteiger partial charge in [0.15, 0.2) is 0 Å². The van der Waals surface area contributed by atoms with Gasteiger partial charge in [-0.3, -0.25) is 9.38 Å². The van der Waals surface area contributed by atoms with Crippen LogP contribution in [0.1, 0.15) is 37.7 Å². The van der Waals surface area contributed by atoms with E-state index in [1.54, 1.807) is 0 Å². The van der Waals surface area contributed by atoms with Crippen LogP contribution in [0, 0.1) is 13.8 Å². The Hall–Kier alpha value is -3.93. The van der Waals surface area contributed by atoms with Crippen molar-refractivity contribution >= 4 is 5.65 Å². The van der Waals surface area contributed by atoms with Gasteiger partial charge in [-0.15, -0.1) is 0 Å². The molecule has 5 rings (SSSR count). The maximum atomic E-state index is 6.38. The highest BCUT2D eigenvalue weighted by Gasteiger charge is 2.18. The zero-order valence-electron chi connectivity index (χ0n) is 20.6. The fraction of sp³-hybridized carbons (Fsp3) is 0.250. The van der Waals surface area contributed by atoms with Crippen LogP contribution in [0.15, 0.2) is 73.6 Å². The summed E-state index contributed by atoms with van der Waals surface area (Å²) in [6, 6.07) is 14.4. The van der Waals surface area contributed by atoms with Crippen molar-refractivity contribution < 1.29 is 9.30 Å². The lowest BCUT2D eigenvalue weighted by molar-refractivity contribution is -0.670. The van der Waals surface area contributed by atoms with E-state index in [0.29, 0.717) is 0 Å². The summed E-state index contributed by atoms with van der Waals surface area (Å²) in [5, 5.41) is 0. The molecule has 0 aliphatic heterocycles. The molecule has 0 saturated carbocycles. The lowest BCUT2D eigenvalue weighted by Crippen LogP contribution is -2.23. The van der Waals surface area contributed by atoms with Crippen molar-refractivity contribution in [3.8, 4) is 28.4 Å². The molecule has 6 nitrogen and oxygen atoms in total. The average molecular weight is 453 g/mol. The van der Waals surface area contributed by atoms with Crippen LogP contribution in [0.4, 0.5) is 0 Å². The predicted octanol–water partition coefficient (Wildman–Crippen LogP) is 5.72. The minimum absolute atomic E-state index is 0.0267. The fourth-order valence-corrected chi connectivity index (χ4v) is 4.08. The average Bonchev–Trinajstić information content (AvgIpc) is 3.36. The molecule has 0 N–H and O–H groups in total. The third-order valence-electron chi connectivity index (χ3n) is 6.19. The van der Waals surface area contributed by atoms with Gasteiger partial charge in [0.25, 0.3) is 0 Å². The number of aromatic nitrogens is 5. The summed E-state index contributed by atoms with van der Waals surface area (Å²) in [6.45, 7) is 10.7. The highest BCUT2D eigenvalue weighted by molar-refractivity contribution is 5.77. The number of hydrogen-bond acceptors (Lipinski definition) is 3. The van der Waals surface area contributed by atoms with Gasteiger partial charge in [-0.2, -0.15) is 0 Å². The van der Waals surface area contributed by atoms with E-state index in [1.807, 2.05) is 73.9 Å². The summed E-state index contributed by atoms with van der Waals surface area (Å²) in [6.07, 6.45) is 9.94. The first-order chi connectivity index (χ1) is 16.2. The van der Waals surface area contributed by atoms with Gasteiger partial charge in [-0.05, 0) is 55.2 Å². The van der Waals surface area contributed by atoms with E-state index in [0.717, 1.165) is 45.5 Å². The van der Waals surface area contributed by atoms with Crippen LogP contribution in [0.5, 0.6) is 11.5 Å². The number of pyridine rings is 2. The third-order valence-corrected chi connectivity index (χ3v) is 6.19. The van der Waals surface area contributed by atoms with E-state index in [4.69, 9.17) is 14.7 Å². The normalized spacial score (nSPS) is 11.8. The molecule has 4 aromatic heterocycles. The minimum Gasteiger partial charge on any atom is -0.456 e. The molecular weight excluding hydrogens is 422 g/mol. The molecule has 5 aromatic rings. The van der Waals surface area contributed by atoms with Crippen LogP contribution < -0.4 is 9.30 Å². The predicted molar refractivity (Wildman–Crippen MR) is 134 cm³/mol. The molecule has 172 valence electrons. The van der Waals surface area contributed by atoms with E-state index in [9.17, 15) is 0 Å². The van der Waals surface area contributed by atoms with Crippen molar-refractivity contribution in [2.45, 2.75) is 40.0 Å². The zero-order valence-corrected chi connectivity index (χ0v) is 20.6. The summed E-state index contributed by atoms with van der Waals surface area (Å²) in [5.74, 6) is 1.51. The van der Waals surface area contributed by atoms with Crippen molar-refractivity contribution in [2.75, 3.05) is 0 Å². The first-order valence-electron chi connectivity index (χ1n) is 11.5. The topological polar surface area (TPSA) is 48.2 Å². The number of ether oxygens (including phenoxy) is 1. The van der Waals surface area contributed by atoms with Gasteiger partial charge in [0.1, 0.15) is 35.2 Å². The summed E-state index contributed by atoms with van der Waals surface area (Å²) in [5.41, 5.74) is 7.10. The van der Waals surface area contributed by atoms with Gasteiger partial charge in [-0.1, -0.05) is 26.8 Å². The molecule has 0 atom stereocenters. The molecular formula is C28H30N5O+. The standard InChI is InChI=1S/C28H30N5O/c1-19-20(2)33-17-24(34-23-9-7-8-22(15-23)32-13-12-31(6)18-32)16-25(27(33)30-19)26-14-21(10-11-29-26)28(3,4)5/h7-18H,1-6H3/q+1. The number of nitrogens with zero attached hydrogens (tertiary/aromatic N) is 5. The maximum absolute atomic E-state index is 6.38. The van der Waals surface area contributed by atoms with E-state index in [-0.39, 0.29) is 5.41 Å². The van der Waals surface area contributed by atoms with Crippen molar-refractivity contribution in [3.63, 3.8) is 0 Å². The Balaban J connectivity index is 1.61. The van der Waals surface area contributed by atoms with Gasteiger partial charge < -0.3 is 4.74 Å². The molecule has 0 bridgehead atoms. The van der Waals surface area contributed by atoms with Gasteiger partial charge >= 0.3 is 0 Å². The van der Waals surface area contributed by atoms with E-state index in [1.165, 1.54) is 5.56 Å². The van der Waals surface area contributed by atoms with Crippen molar-refractivity contribution in [1.29, 1.82) is 0 Å². The number of benzene rings is 1. The van der Waals surface area contributed by atoms with Crippen LogP contribution in [0.3, 0.4) is 0 Å². The molecule has 0 aliphatic carbocycles. The molecule has 4 heterocycles. The Labute approximate surface area is 200 Å². The molecule has 0 fully saturated rings. The number of rotatable bonds is 4. The highest BCUT2D eigenvalue weighted by atomic mass is 16.5. The largest absolute Gasteiger partial charge is 0.456 e. The molecule has 0 amide bonds. The minimum atomic E-state index is 0.0267. The number of imidazole rings is 2. The van der Waals surface area contributed by atoms with Gasteiger partial charge in [0.2, 0.25) is 6.33 Å². The van der Waals surface area contributed by atoms with Crippen LogP contribution in [-0.4, -0.2) is 18.9 Å². The monoisotopic (exact) mass is 452 g/mol. The van der Waals surface area contributed by atoms with Crippen LogP contribution >= 0.6 is 0 Å². The quantitative estimate of drug-likeness (QED) is 0.328. The Bertz CT molecular complexity index is 1500. The third kappa shape index (κ3) is 4.07. The van der Waals surface area contributed by atoms with E-state index in [2.05, 4.69) is 54.9 Å². The van der Waals surface area contributed by atoms with Gasteiger partial charge in [0, 0.05) is 23.5 Å². The molecule has 34 heavy (non-hydrogen) atoms. The summed E-state index contributed by atoms with van der Waals surface area (Å²) >= 11 is 0. The summed E-state index contributed by atoms with van der Waals surface area (Å²) in [7, 11) is 2.01. The van der Waals surface area contributed by atoms with Crippen molar-refractivity contribution in [3.05, 3.63) is 90.5 Å². The second kappa shape index (κ2) is 8.13. The SMILES string of the molecule is Cc1nc2c(-c3cc(C(C)(C)C)ccn3)cc(Oc3cccc(-n4cc[n+](C)c4)c3)cn2c1C. The van der Waals surface area contributed by atoms with E-state index < -0.39 is 0 Å². The molecule has 0 spiro atoms. The Morgan fingerprint density at radius 3 is 2.56 bits per heavy atom. The smallest absolute Gasteiger partial charge is 0.248 e. The fourth-order valence-electron chi connectivity index (χ4n) is 4.08. The second-order valence-corrected chi connectivity index (χ2v) is 9.83. The molecule has 6 heteroatoms. The van der Waals surface area contributed by atoms with Crippen LogP contribution in [0.2, 0.25) is 0 Å². The van der Waals surface area contributed by atoms with Crippen LogP contribution in [-0.2, 0) is 12.5 Å². The number of fused-ring (bicyclic) bond motifs is 1. The second-order valence-electron chi connectivity index (χ2n) is 9.83. The van der Waals surface area contributed by atoms with Gasteiger partial charge in [-0.25, -0.2) is 14.1 Å². The van der Waals surface area contributed by atoms with Crippen LogP contribution in [0.25, 0.3) is 22.6 Å². The van der Waals surface area contributed by atoms with Crippen molar-refractivity contribution in [1.82, 2.24) is 18.9 Å². The number of aryl methyl sites for hydroxylation is 3. The highest BCUT2D eigenvalue weighted by Crippen LogP contribution is 2.33. The number of hydrogen-bond donors (Lipinski definition) is 0. The summed E-state index contributed by atoms with van der Waals surface area (Å²) < 4.78 is 12.6. The molecule has 0 aliphatic rings. The zero-order chi connectivity index (χ0) is 24.0.